The number of nitrogens with one attached hydrogen (secondary N) is 1. The standard InChI is InChI=1S/C18H21N5O2/c1-18(2)16(24)15(13-9-12(10-19)5-6-14(13)25-18)22-17(21-11-20)23-7-3-4-8-23/h5-6,9,15-16,24H,3-4,7-8H2,1-2H3,(H,21,22)/t15-,16?/m1/s1. The molecule has 2 N–H and O–H groups in total. The smallest absolute Gasteiger partial charge is 0.208 e. The zero-order chi connectivity index (χ0) is 18.0. The number of ether oxygens (including phenoxy) is 1. The number of nitriles is 2. The van der Waals surface area contributed by atoms with E-state index < -0.39 is 17.7 Å². The predicted octanol–water partition coefficient (Wildman–Crippen LogP) is 1.65. The third kappa shape index (κ3) is 3.24. The molecule has 0 spiro atoms. The minimum Gasteiger partial charge on any atom is -0.485 e. The average molecular weight is 339 g/mol. The Morgan fingerprint density at radius 2 is 2.08 bits per heavy atom. The van der Waals surface area contributed by atoms with Gasteiger partial charge in [0, 0.05) is 18.7 Å². The molecule has 0 aliphatic carbocycles. The molecule has 2 atom stereocenters. The number of benzene rings is 1. The number of likely N-dealkylation sites (tertiary alicyclic amines) is 1. The summed E-state index contributed by atoms with van der Waals surface area (Å²) in [7, 11) is 0. The van der Waals surface area contributed by atoms with Gasteiger partial charge < -0.3 is 14.7 Å². The molecule has 0 amide bonds. The Morgan fingerprint density at radius 1 is 1.36 bits per heavy atom. The van der Waals surface area contributed by atoms with E-state index in [1.165, 1.54) is 0 Å². The van der Waals surface area contributed by atoms with Crippen LogP contribution in [-0.4, -0.2) is 40.8 Å². The number of aliphatic hydroxyl groups excluding tert-OH is 1. The highest BCUT2D eigenvalue weighted by Gasteiger charge is 2.43. The van der Waals surface area contributed by atoms with Crippen LogP contribution in [0.1, 0.15) is 43.9 Å². The summed E-state index contributed by atoms with van der Waals surface area (Å²) in [5, 5.41) is 31.7. The fourth-order valence-electron chi connectivity index (χ4n) is 3.28. The molecule has 7 heteroatoms. The third-order valence-electron chi connectivity index (χ3n) is 4.68. The zero-order valence-electron chi connectivity index (χ0n) is 14.4. The molecule has 7 nitrogen and oxygen atoms in total. The van der Waals surface area contributed by atoms with Crippen LogP contribution in [0.5, 0.6) is 5.75 Å². The molecule has 1 aromatic carbocycles. The molecule has 0 saturated carbocycles. The second kappa shape index (κ2) is 6.62. The summed E-state index contributed by atoms with van der Waals surface area (Å²) in [5.41, 5.74) is 0.297. The summed E-state index contributed by atoms with van der Waals surface area (Å²) in [4.78, 5) is 6.68. The molecule has 2 heterocycles. The number of guanidine groups is 1. The van der Waals surface area contributed by atoms with Gasteiger partial charge in [0.15, 0.2) is 6.19 Å². The number of rotatable bonds is 1. The van der Waals surface area contributed by atoms with E-state index in [1.54, 1.807) is 32.0 Å². The van der Waals surface area contributed by atoms with Crippen molar-refractivity contribution in [3.63, 3.8) is 0 Å². The first kappa shape index (κ1) is 17.1. The lowest BCUT2D eigenvalue weighted by molar-refractivity contribution is -0.0568. The minimum atomic E-state index is -0.910. The maximum atomic E-state index is 10.8. The van der Waals surface area contributed by atoms with Crippen molar-refractivity contribution in [1.29, 1.82) is 10.5 Å². The van der Waals surface area contributed by atoms with E-state index in [0.717, 1.165) is 25.9 Å². The molecule has 0 aromatic heterocycles. The largest absolute Gasteiger partial charge is 0.485 e. The lowest BCUT2D eigenvalue weighted by atomic mass is 9.86. The van der Waals surface area contributed by atoms with Crippen LogP contribution in [0.15, 0.2) is 23.2 Å². The van der Waals surface area contributed by atoms with Crippen molar-refractivity contribution in [1.82, 2.24) is 10.2 Å². The number of aliphatic imine (C=N–C) groups is 1. The van der Waals surface area contributed by atoms with E-state index >= 15 is 0 Å². The van der Waals surface area contributed by atoms with Crippen LogP contribution in [0.4, 0.5) is 0 Å². The van der Waals surface area contributed by atoms with Crippen LogP contribution < -0.4 is 10.1 Å². The molecular formula is C18H21N5O2. The van der Waals surface area contributed by atoms with Crippen molar-refractivity contribution < 1.29 is 9.84 Å². The van der Waals surface area contributed by atoms with Crippen LogP contribution in [0.25, 0.3) is 0 Å². The van der Waals surface area contributed by atoms with Gasteiger partial charge in [0.1, 0.15) is 23.5 Å². The molecule has 3 rings (SSSR count). The summed E-state index contributed by atoms with van der Waals surface area (Å²) in [6, 6.07) is 6.59. The molecule has 0 radical (unpaired) electrons. The van der Waals surface area contributed by atoms with Gasteiger partial charge in [-0.25, -0.2) is 4.99 Å². The van der Waals surface area contributed by atoms with Crippen molar-refractivity contribution in [2.45, 2.75) is 44.4 Å². The number of hydrogen-bond donors (Lipinski definition) is 2. The van der Waals surface area contributed by atoms with Gasteiger partial charge in [-0.2, -0.15) is 10.5 Å². The van der Waals surface area contributed by atoms with Gasteiger partial charge in [-0.1, -0.05) is 0 Å². The van der Waals surface area contributed by atoms with Gasteiger partial charge in [-0.05, 0) is 44.9 Å². The number of nitrogens with zero attached hydrogens (tertiary/aromatic N) is 4. The molecule has 2 aliphatic rings. The van der Waals surface area contributed by atoms with E-state index in [-0.39, 0.29) is 0 Å². The summed E-state index contributed by atoms with van der Waals surface area (Å²) < 4.78 is 5.90. The van der Waals surface area contributed by atoms with Gasteiger partial charge in [-0.3, -0.25) is 5.32 Å². The molecule has 130 valence electrons. The number of hydrogen-bond acceptors (Lipinski definition) is 5. The fourth-order valence-corrected chi connectivity index (χ4v) is 3.28. The molecule has 25 heavy (non-hydrogen) atoms. The summed E-state index contributed by atoms with van der Waals surface area (Å²) >= 11 is 0. The van der Waals surface area contributed by atoms with Crippen molar-refractivity contribution in [3.8, 4) is 18.0 Å². The second-order valence-electron chi connectivity index (χ2n) is 6.84. The Kier molecular flexibility index (Phi) is 4.52. The normalized spacial score (nSPS) is 24.7. The van der Waals surface area contributed by atoms with Crippen LogP contribution in [0.3, 0.4) is 0 Å². The molecule has 1 unspecified atom stereocenters. The highest BCUT2D eigenvalue weighted by Crippen LogP contribution is 2.42. The second-order valence-corrected chi connectivity index (χ2v) is 6.84. The van der Waals surface area contributed by atoms with Crippen LogP contribution >= 0.6 is 0 Å². The average Bonchev–Trinajstić information content (AvgIpc) is 3.12. The van der Waals surface area contributed by atoms with Gasteiger partial charge in [-0.15, -0.1) is 0 Å². The molecular weight excluding hydrogens is 318 g/mol. The van der Waals surface area contributed by atoms with Gasteiger partial charge in [0.2, 0.25) is 5.96 Å². The Labute approximate surface area is 147 Å². The van der Waals surface area contributed by atoms with Crippen molar-refractivity contribution >= 4 is 5.96 Å². The van der Waals surface area contributed by atoms with Crippen molar-refractivity contribution in [2.24, 2.45) is 4.99 Å². The molecule has 2 aliphatic heterocycles. The topological polar surface area (TPSA) is 105 Å². The highest BCUT2D eigenvalue weighted by atomic mass is 16.5. The molecule has 1 aromatic rings. The zero-order valence-corrected chi connectivity index (χ0v) is 14.4. The van der Waals surface area contributed by atoms with E-state index in [0.29, 0.717) is 22.8 Å². The number of fused-ring (bicyclic) bond motifs is 1. The SMILES string of the molecule is CC1(C)Oc2ccc(C#N)cc2[C@@H](N=C(NC#N)N2CCCC2)C1O. The molecule has 1 saturated heterocycles. The molecule has 0 bridgehead atoms. The van der Waals surface area contributed by atoms with Crippen LogP contribution in [0, 0.1) is 22.8 Å². The van der Waals surface area contributed by atoms with Gasteiger partial charge in [0.05, 0.1) is 11.6 Å². The lowest BCUT2D eigenvalue weighted by Crippen LogP contribution is -2.49. The Morgan fingerprint density at radius 3 is 2.72 bits per heavy atom. The maximum Gasteiger partial charge on any atom is 0.208 e. The van der Waals surface area contributed by atoms with E-state index in [1.807, 2.05) is 11.1 Å². The van der Waals surface area contributed by atoms with Gasteiger partial charge >= 0.3 is 0 Å². The highest BCUT2D eigenvalue weighted by molar-refractivity contribution is 5.82. The van der Waals surface area contributed by atoms with E-state index in [9.17, 15) is 10.4 Å². The monoisotopic (exact) mass is 339 g/mol. The van der Waals surface area contributed by atoms with Crippen LogP contribution in [0.2, 0.25) is 0 Å². The quantitative estimate of drug-likeness (QED) is 0.349. The predicted molar refractivity (Wildman–Crippen MR) is 91.6 cm³/mol. The van der Waals surface area contributed by atoms with E-state index in [2.05, 4.69) is 16.4 Å². The van der Waals surface area contributed by atoms with Crippen molar-refractivity contribution in [3.05, 3.63) is 29.3 Å². The Hall–Kier alpha value is -2.77. The van der Waals surface area contributed by atoms with Crippen LogP contribution in [-0.2, 0) is 0 Å². The maximum absolute atomic E-state index is 10.8. The first-order valence-corrected chi connectivity index (χ1v) is 8.35. The molecule has 1 fully saturated rings. The first-order valence-electron chi connectivity index (χ1n) is 8.35. The summed E-state index contributed by atoms with van der Waals surface area (Å²) in [5.74, 6) is 1.05. The first-order chi connectivity index (χ1) is 12.0. The summed E-state index contributed by atoms with van der Waals surface area (Å²) in [6.07, 6.45) is 3.11. The van der Waals surface area contributed by atoms with Crippen molar-refractivity contribution in [2.75, 3.05) is 13.1 Å². The fraction of sp³-hybridized carbons (Fsp3) is 0.500. The lowest BCUT2D eigenvalue weighted by Gasteiger charge is -2.41. The van der Waals surface area contributed by atoms with E-state index in [4.69, 9.17) is 10.00 Å². The third-order valence-corrected chi connectivity index (χ3v) is 4.68. The minimum absolute atomic E-state index is 0.454. The Bertz CT molecular complexity index is 769. The summed E-state index contributed by atoms with van der Waals surface area (Å²) in [6.45, 7) is 5.24. The van der Waals surface area contributed by atoms with Gasteiger partial charge in [0.25, 0.3) is 0 Å². The number of aliphatic hydroxyl groups is 1. The Balaban J connectivity index is 2.07.